The van der Waals surface area contributed by atoms with Gasteiger partial charge in [0.05, 0.1) is 16.4 Å². The summed E-state index contributed by atoms with van der Waals surface area (Å²) < 4.78 is 1.68. The molecule has 0 aliphatic heterocycles. The molecule has 1 aliphatic carbocycles. The van der Waals surface area contributed by atoms with Gasteiger partial charge in [0.25, 0.3) is 5.91 Å². The molecule has 0 saturated heterocycles. The molecular weight excluding hydrogens is 431 g/mol. The maximum Gasteiger partial charge on any atom is 0.285 e. The molecule has 8 heteroatoms. The predicted molar refractivity (Wildman–Crippen MR) is 119 cm³/mol. The Hall–Kier alpha value is -2.05. The van der Waals surface area contributed by atoms with Crippen LogP contribution in [0.1, 0.15) is 48.7 Å². The minimum atomic E-state index is -0.434. The monoisotopic (exact) mass is 450 g/mol. The van der Waals surface area contributed by atoms with E-state index < -0.39 is 5.91 Å². The smallest absolute Gasteiger partial charge is 0.285 e. The van der Waals surface area contributed by atoms with Crippen molar-refractivity contribution in [2.75, 3.05) is 0 Å². The zero-order valence-electron chi connectivity index (χ0n) is 16.0. The van der Waals surface area contributed by atoms with Crippen LogP contribution < -0.4 is 11.3 Å². The number of halogens is 3. The number of nitrogens with one attached hydrogen (secondary N) is 1. The lowest BCUT2D eigenvalue weighted by Crippen LogP contribution is -2.31. The van der Waals surface area contributed by atoms with Crippen molar-refractivity contribution < 1.29 is 4.79 Å². The summed E-state index contributed by atoms with van der Waals surface area (Å²) in [6, 6.07) is 12.6. The van der Waals surface area contributed by atoms with Gasteiger partial charge in [-0.3, -0.25) is 10.2 Å². The van der Waals surface area contributed by atoms with Gasteiger partial charge >= 0.3 is 0 Å². The zero-order valence-corrected chi connectivity index (χ0v) is 18.3. The van der Waals surface area contributed by atoms with Gasteiger partial charge in [0.1, 0.15) is 0 Å². The van der Waals surface area contributed by atoms with E-state index in [1.807, 2.05) is 26.0 Å². The molecule has 152 valence electrons. The van der Waals surface area contributed by atoms with Crippen LogP contribution in [0.15, 0.2) is 42.5 Å². The first-order valence-corrected chi connectivity index (χ1v) is 10.5. The maximum atomic E-state index is 12.4. The van der Waals surface area contributed by atoms with Crippen LogP contribution in [0.25, 0.3) is 16.9 Å². The molecule has 1 saturated carbocycles. The van der Waals surface area contributed by atoms with E-state index in [2.05, 4.69) is 10.5 Å². The molecule has 0 unspecified atom stereocenters. The van der Waals surface area contributed by atoms with Gasteiger partial charge in [0.2, 0.25) is 0 Å². The molecule has 0 bridgehead atoms. The highest BCUT2D eigenvalue weighted by molar-refractivity contribution is 6.35. The number of hydrogen-bond acceptors (Lipinski definition) is 3. The van der Waals surface area contributed by atoms with Crippen molar-refractivity contribution in [1.29, 1.82) is 0 Å². The quantitative estimate of drug-likeness (QED) is 0.290. The lowest BCUT2D eigenvalue weighted by atomic mass is 10.0. The van der Waals surface area contributed by atoms with Crippen molar-refractivity contribution >= 4 is 40.7 Å². The first-order valence-electron chi connectivity index (χ1n) is 9.35. The first-order chi connectivity index (χ1) is 14.0. The molecule has 0 radical (unpaired) electrons. The summed E-state index contributed by atoms with van der Waals surface area (Å²) in [7, 11) is 0. The third-order valence-electron chi connectivity index (χ3n) is 4.51. The fourth-order valence-electron chi connectivity index (χ4n) is 3.14. The molecule has 0 atom stereocenters. The Kier molecular flexibility index (Phi) is 6.85. The standard InChI is InChI=1S/C19H15Cl3N4O.C2H6/c20-12-5-3-11(4-6-12)18-16(10-1-2-10)17(19(27)24-23)25-26(18)15-8-7-13(21)9-14(15)22;1-2/h3-10H,1-2,23H2,(H,24,27);1-2H3. The fourth-order valence-corrected chi connectivity index (χ4v) is 3.75. The number of benzene rings is 2. The van der Waals surface area contributed by atoms with E-state index >= 15 is 0 Å². The van der Waals surface area contributed by atoms with E-state index in [1.54, 1.807) is 35.0 Å². The SMILES string of the molecule is CC.NNC(=O)c1nn(-c2ccc(Cl)cc2Cl)c(-c2ccc(Cl)cc2)c1C1CC1. The normalized spacial score (nSPS) is 12.9. The zero-order chi connectivity index (χ0) is 21.1. The second-order valence-electron chi connectivity index (χ2n) is 6.37. The van der Waals surface area contributed by atoms with Crippen LogP contribution in [-0.2, 0) is 0 Å². The number of amides is 1. The Labute approximate surface area is 184 Å². The van der Waals surface area contributed by atoms with Crippen molar-refractivity contribution in [3.05, 3.63) is 68.8 Å². The highest BCUT2D eigenvalue weighted by Crippen LogP contribution is 2.47. The van der Waals surface area contributed by atoms with Crippen LogP contribution in [0.4, 0.5) is 0 Å². The first kappa shape index (κ1) is 21.7. The molecule has 4 rings (SSSR count). The molecule has 0 spiro atoms. The Balaban J connectivity index is 0.00000117. The molecule has 1 amide bonds. The third-order valence-corrected chi connectivity index (χ3v) is 5.30. The summed E-state index contributed by atoms with van der Waals surface area (Å²) in [6.07, 6.45) is 1.98. The highest BCUT2D eigenvalue weighted by atomic mass is 35.5. The van der Waals surface area contributed by atoms with Crippen molar-refractivity contribution in [3.63, 3.8) is 0 Å². The van der Waals surface area contributed by atoms with Crippen LogP contribution in [0.2, 0.25) is 15.1 Å². The van der Waals surface area contributed by atoms with E-state index in [0.717, 1.165) is 29.7 Å². The molecule has 1 heterocycles. The molecule has 29 heavy (non-hydrogen) atoms. The molecule has 5 nitrogen and oxygen atoms in total. The van der Waals surface area contributed by atoms with Crippen molar-refractivity contribution in [1.82, 2.24) is 15.2 Å². The number of nitrogen functional groups attached to an aromatic ring is 1. The molecule has 1 aliphatic rings. The second-order valence-corrected chi connectivity index (χ2v) is 7.65. The fraction of sp³-hybridized carbons (Fsp3) is 0.238. The van der Waals surface area contributed by atoms with E-state index in [-0.39, 0.29) is 5.92 Å². The van der Waals surface area contributed by atoms with Gasteiger partial charge in [-0.2, -0.15) is 5.10 Å². The summed E-state index contributed by atoms with van der Waals surface area (Å²) in [4.78, 5) is 12.4. The van der Waals surface area contributed by atoms with Gasteiger partial charge in [-0.1, -0.05) is 60.8 Å². The largest absolute Gasteiger partial charge is 0.289 e. The van der Waals surface area contributed by atoms with Gasteiger partial charge in [0.15, 0.2) is 5.69 Å². The van der Waals surface area contributed by atoms with Gasteiger partial charge in [-0.25, -0.2) is 10.5 Å². The lowest BCUT2D eigenvalue weighted by Gasteiger charge is -2.12. The van der Waals surface area contributed by atoms with Gasteiger partial charge in [0, 0.05) is 21.2 Å². The Morgan fingerprint density at radius 2 is 1.69 bits per heavy atom. The Morgan fingerprint density at radius 3 is 2.24 bits per heavy atom. The summed E-state index contributed by atoms with van der Waals surface area (Å²) >= 11 is 18.5. The minimum Gasteiger partial charge on any atom is -0.289 e. The number of hydrogen-bond donors (Lipinski definition) is 2. The molecule has 2 aromatic carbocycles. The number of carbonyl (C=O) groups is 1. The van der Waals surface area contributed by atoms with Crippen LogP contribution >= 0.6 is 34.8 Å². The third kappa shape index (κ3) is 4.43. The number of rotatable bonds is 4. The molecule has 3 aromatic rings. The van der Waals surface area contributed by atoms with Gasteiger partial charge < -0.3 is 0 Å². The van der Waals surface area contributed by atoms with Crippen LogP contribution in [0.5, 0.6) is 0 Å². The number of nitrogens with zero attached hydrogens (tertiary/aromatic N) is 2. The van der Waals surface area contributed by atoms with Crippen LogP contribution in [0.3, 0.4) is 0 Å². The summed E-state index contributed by atoms with van der Waals surface area (Å²) in [5, 5.41) is 6.15. The van der Waals surface area contributed by atoms with E-state index in [1.165, 1.54) is 0 Å². The Morgan fingerprint density at radius 1 is 1.07 bits per heavy atom. The summed E-state index contributed by atoms with van der Waals surface area (Å²) in [6.45, 7) is 4.00. The molecule has 1 fully saturated rings. The van der Waals surface area contributed by atoms with E-state index in [9.17, 15) is 4.79 Å². The average Bonchev–Trinajstić information content (AvgIpc) is 3.49. The maximum absolute atomic E-state index is 12.4. The summed E-state index contributed by atoms with van der Waals surface area (Å²) in [5.74, 6) is 5.21. The van der Waals surface area contributed by atoms with E-state index in [0.29, 0.717) is 26.4 Å². The Bertz CT molecular complexity index is 1030. The van der Waals surface area contributed by atoms with Crippen LogP contribution in [0, 0.1) is 0 Å². The predicted octanol–water partition coefficient (Wildman–Crippen LogP) is 6.01. The second kappa shape index (κ2) is 9.18. The van der Waals surface area contributed by atoms with Crippen molar-refractivity contribution in [2.24, 2.45) is 5.84 Å². The molecular formula is C21H21Cl3N4O. The molecule has 1 aromatic heterocycles. The topological polar surface area (TPSA) is 72.9 Å². The lowest BCUT2D eigenvalue weighted by molar-refractivity contribution is 0.0947. The van der Waals surface area contributed by atoms with Crippen molar-refractivity contribution in [3.8, 4) is 16.9 Å². The van der Waals surface area contributed by atoms with Gasteiger partial charge in [-0.15, -0.1) is 0 Å². The number of hydrazine groups is 1. The molecule has 3 N–H and O–H groups in total. The van der Waals surface area contributed by atoms with Gasteiger partial charge in [-0.05, 0) is 49.1 Å². The van der Waals surface area contributed by atoms with E-state index in [4.69, 9.17) is 40.6 Å². The number of nitrogens with two attached hydrogens (primary N) is 1. The van der Waals surface area contributed by atoms with Crippen LogP contribution in [-0.4, -0.2) is 15.7 Å². The van der Waals surface area contributed by atoms with Crippen molar-refractivity contribution in [2.45, 2.75) is 32.6 Å². The number of carbonyl (C=O) groups excluding carboxylic acids is 1. The highest BCUT2D eigenvalue weighted by Gasteiger charge is 2.35. The average molecular weight is 452 g/mol. The number of aromatic nitrogens is 2. The minimum absolute atomic E-state index is 0.253. The summed E-state index contributed by atoms with van der Waals surface area (Å²) in [5.41, 5.74) is 5.68.